The van der Waals surface area contributed by atoms with Crippen LogP contribution in [0.2, 0.25) is 5.02 Å². The Morgan fingerprint density at radius 2 is 1.68 bits per heavy atom. The molecule has 0 N–H and O–H groups in total. The molecule has 3 nitrogen and oxygen atoms in total. The number of benzene rings is 2. The molecular formula is C15H13ClO3. The molecule has 0 bridgehead atoms. The van der Waals surface area contributed by atoms with Crippen molar-refractivity contribution in [2.24, 2.45) is 0 Å². The number of aryl methyl sites for hydroxylation is 1. The minimum absolute atomic E-state index is 0.413. The van der Waals surface area contributed by atoms with E-state index in [9.17, 15) is 4.79 Å². The fourth-order valence-electron chi connectivity index (χ4n) is 1.57. The number of ether oxygens (including phenoxy) is 2. The predicted octanol–water partition coefficient (Wildman–Crippen LogP) is 3.88. The van der Waals surface area contributed by atoms with Gasteiger partial charge in [-0.05, 0) is 55.0 Å². The molecule has 0 amide bonds. The molecule has 0 unspecified atom stereocenters. The lowest BCUT2D eigenvalue weighted by atomic mass is 10.2. The van der Waals surface area contributed by atoms with E-state index in [4.69, 9.17) is 21.1 Å². The third kappa shape index (κ3) is 3.26. The first-order valence-corrected chi connectivity index (χ1v) is 6.10. The maximum absolute atomic E-state index is 11.9. The highest BCUT2D eigenvalue weighted by atomic mass is 35.5. The average Bonchev–Trinajstić information content (AvgIpc) is 2.43. The Balaban J connectivity index is 2.13. The van der Waals surface area contributed by atoms with Gasteiger partial charge in [-0.2, -0.15) is 0 Å². The van der Waals surface area contributed by atoms with Gasteiger partial charge in [0.15, 0.2) is 0 Å². The molecule has 0 fully saturated rings. The number of hydrogen-bond donors (Lipinski definition) is 0. The maximum atomic E-state index is 11.9. The van der Waals surface area contributed by atoms with Gasteiger partial charge in [0.2, 0.25) is 0 Å². The van der Waals surface area contributed by atoms with Crippen molar-refractivity contribution in [3.63, 3.8) is 0 Å². The lowest BCUT2D eigenvalue weighted by molar-refractivity contribution is 0.0734. The molecule has 2 aromatic carbocycles. The summed E-state index contributed by atoms with van der Waals surface area (Å²) in [5.41, 5.74) is 1.33. The SMILES string of the molecule is COc1ccc(C(=O)Oc2ccc(Cl)c(C)c2)cc1. The van der Waals surface area contributed by atoms with Crippen molar-refractivity contribution in [3.05, 3.63) is 58.6 Å². The number of hydrogen-bond acceptors (Lipinski definition) is 3. The van der Waals surface area contributed by atoms with Crippen LogP contribution in [-0.2, 0) is 0 Å². The van der Waals surface area contributed by atoms with E-state index < -0.39 is 5.97 Å². The molecule has 19 heavy (non-hydrogen) atoms. The van der Waals surface area contributed by atoms with Crippen LogP contribution >= 0.6 is 11.6 Å². The third-order valence-electron chi connectivity index (χ3n) is 2.67. The molecule has 2 rings (SSSR count). The molecule has 2 aromatic rings. The van der Waals surface area contributed by atoms with Crippen molar-refractivity contribution in [2.75, 3.05) is 7.11 Å². The van der Waals surface area contributed by atoms with Crippen LogP contribution in [0.5, 0.6) is 11.5 Å². The van der Waals surface area contributed by atoms with Crippen molar-refractivity contribution in [1.82, 2.24) is 0 Å². The van der Waals surface area contributed by atoms with E-state index in [1.165, 1.54) is 0 Å². The van der Waals surface area contributed by atoms with Crippen LogP contribution in [0.25, 0.3) is 0 Å². The number of esters is 1. The first-order chi connectivity index (χ1) is 9.10. The van der Waals surface area contributed by atoms with Crippen LogP contribution in [0, 0.1) is 6.92 Å². The van der Waals surface area contributed by atoms with E-state index in [2.05, 4.69) is 0 Å². The van der Waals surface area contributed by atoms with Crippen LogP contribution in [-0.4, -0.2) is 13.1 Å². The zero-order valence-corrected chi connectivity index (χ0v) is 11.4. The Labute approximate surface area is 116 Å². The summed E-state index contributed by atoms with van der Waals surface area (Å²) >= 11 is 5.91. The van der Waals surface area contributed by atoms with Gasteiger partial charge in [0.1, 0.15) is 11.5 Å². The van der Waals surface area contributed by atoms with Crippen LogP contribution in [0.1, 0.15) is 15.9 Å². The maximum Gasteiger partial charge on any atom is 0.343 e. The Kier molecular flexibility index (Phi) is 4.07. The van der Waals surface area contributed by atoms with Gasteiger partial charge in [-0.25, -0.2) is 4.79 Å². The average molecular weight is 277 g/mol. The van der Waals surface area contributed by atoms with Crippen LogP contribution < -0.4 is 9.47 Å². The van der Waals surface area contributed by atoms with Crippen molar-refractivity contribution < 1.29 is 14.3 Å². The number of carbonyl (C=O) groups excluding carboxylic acids is 1. The van der Waals surface area contributed by atoms with E-state index in [0.717, 1.165) is 5.56 Å². The van der Waals surface area contributed by atoms with E-state index in [1.54, 1.807) is 49.6 Å². The molecule has 0 aliphatic carbocycles. The first kappa shape index (κ1) is 13.4. The second-order valence-corrected chi connectivity index (χ2v) is 4.44. The van der Waals surface area contributed by atoms with E-state index in [-0.39, 0.29) is 0 Å². The van der Waals surface area contributed by atoms with Gasteiger partial charge in [-0.3, -0.25) is 0 Å². The third-order valence-corrected chi connectivity index (χ3v) is 3.09. The van der Waals surface area contributed by atoms with Crippen molar-refractivity contribution >= 4 is 17.6 Å². The summed E-state index contributed by atoms with van der Waals surface area (Å²) in [4.78, 5) is 11.9. The smallest absolute Gasteiger partial charge is 0.343 e. The van der Waals surface area contributed by atoms with Crippen LogP contribution in [0.4, 0.5) is 0 Å². The standard InChI is InChI=1S/C15H13ClO3/c1-10-9-13(7-8-14(10)16)19-15(17)11-3-5-12(18-2)6-4-11/h3-9H,1-2H3. The Hall–Kier alpha value is -2.00. The molecule has 4 heteroatoms. The van der Waals surface area contributed by atoms with Gasteiger partial charge < -0.3 is 9.47 Å². The minimum Gasteiger partial charge on any atom is -0.497 e. The number of halogens is 1. The summed E-state index contributed by atoms with van der Waals surface area (Å²) in [7, 11) is 1.57. The molecule has 0 aromatic heterocycles. The van der Waals surface area contributed by atoms with Crippen LogP contribution in [0.3, 0.4) is 0 Å². The molecule has 0 saturated heterocycles. The van der Waals surface area contributed by atoms with Crippen LogP contribution in [0.15, 0.2) is 42.5 Å². The summed E-state index contributed by atoms with van der Waals surface area (Å²) in [6.07, 6.45) is 0. The van der Waals surface area contributed by atoms with Crippen molar-refractivity contribution in [3.8, 4) is 11.5 Å². The van der Waals surface area contributed by atoms with Gasteiger partial charge in [0.05, 0.1) is 12.7 Å². The Bertz CT molecular complexity index is 591. The molecule has 0 spiro atoms. The van der Waals surface area contributed by atoms with Crippen molar-refractivity contribution in [1.29, 1.82) is 0 Å². The van der Waals surface area contributed by atoms with E-state index >= 15 is 0 Å². The molecular weight excluding hydrogens is 264 g/mol. The largest absolute Gasteiger partial charge is 0.497 e. The summed E-state index contributed by atoms with van der Waals surface area (Å²) in [6, 6.07) is 11.8. The zero-order valence-electron chi connectivity index (χ0n) is 10.6. The second kappa shape index (κ2) is 5.76. The molecule has 0 heterocycles. The number of rotatable bonds is 3. The molecule has 0 aliphatic rings. The first-order valence-electron chi connectivity index (χ1n) is 5.72. The van der Waals surface area contributed by atoms with E-state index in [1.807, 2.05) is 6.92 Å². The number of methoxy groups -OCH3 is 1. The summed E-state index contributed by atoms with van der Waals surface area (Å²) in [6.45, 7) is 1.85. The zero-order chi connectivity index (χ0) is 13.8. The molecule has 98 valence electrons. The summed E-state index contributed by atoms with van der Waals surface area (Å²) in [5, 5.41) is 0.643. The fourth-order valence-corrected chi connectivity index (χ4v) is 1.69. The van der Waals surface area contributed by atoms with Gasteiger partial charge in [-0.1, -0.05) is 11.6 Å². The Morgan fingerprint density at radius 3 is 2.26 bits per heavy atom. The lowest BCUT2D eigenvalue weighted by Crippen LogP contribution is -2.08. The molecule has 0 radical (unpaired) electrons. The Morgan fingerprint density at radius 1 is 1.05 bits per heavy atom. The minimum atomic E-state index is -0.413. The highest BCUT2D eigenvalue weighted by Gasteiger charge is 2.09. The normalized spacial score (nSPS) is 10.1. The monoisotopic (exact) mass is 276 g/mol. The predicted molar refractivity (Wildman–Crippen MR) is 74.1 cm³/mol. The van der Waals surface area contributed by atoms with E-state index in [0.29, 0.717) is 22.1 Å². The number of carbonyl (C=O) groups is 1. The highest BCUT2D eigenvalue weighted by Crippen LogP contribution is 2.22. The highest BCUT2D eigenvalue weighted by molar-refractivity contribution is 6.31. The quantitative estimate of drug-likeness (QED) is 0.630. The lowest BCUT2D eigenvalue weighted by Gasteiger charge is -2.06. The van der Waals surface area contributed by atoms with Gasteiger partial charge in [0.25, 0.3) is 0 Å². The molecule has 0 saturated carbocycles. The second-order valence-electron chi connectivity index (χ2n) is 4.03. The van der Waals surface area contributed by atoms with Gasteiger partial charge in [-0.15, -0.1) is 0 Å². The molecule has 0 aliphatic heterocycles. The fraction of sp³-hybridized carbons (Fsp3) is 0.133. The summed E-state index contributed by atoms with van der Waals surface area (Å²) in [5.74, 6) is 0.756. The van der Waals surface area contributed by atoms with Crippen molar-refractivity contribution in [2.45, 2.75) is 6.92 Å². The topological polar surface area (TPSA) is 35.5 Å². The molecule has 0 atom stereocenters. The van der Waals surface area contributed by atoms with Gasteiger partial charge >= 0.3 is 5.97 Å². The van der Waals surface area contributed by atoms with Gasteiger partial charge in [0, 0.05) is 5.02 Å². The summed E-state index contributed by atoms with van der Waals surface area (Å²) < 4.78 is 10.3.